The number of benzene rings is 1. The number of hydrogen-bond acceptors (Lipinski definition) is 3. The molecule has 1 N–H and O–H groups in total. The Morgan fingerprint density at radius 1 is 1.37 bits per heavy atom. The van der Waals surface area contributed by atoms with Crippen LogP contribution in [0.1, 0.15) is 19.4 Å². The summed E-state index contributed by atoms with van der Waals surface area (Å²) in [5, 5.41) is 9.42. The third-order valence-corrected chi connectivity index (χ3v) is 3.85. The van der Waals surface area contributed by atoms with Crippen molar-refractivity contribution in [1.82, 2.24) is 4.90 Å². The first-order valence-electron chi connectivity index (χ1n) is 6.82. The quantitative estimate of drug-likeness (QED) is 0.892. The van der Waals surface area contributed by atoms with E-state index in [2.05, 4.69) is 19.9 Å². The molecule has 0 radical (unpaired) electrons. The molecule has 0 spiro atoms. The van der Waals surface area contributed by atoms with Crippen LogP contribution < -0.4 is 4.90 Å². The Morgan fingerprint density at radius 2 is 2.05 bits per heavy atom. The molecular formula is C15H22N2O2. The van der Waals surface area contributed by atoms with E-state index in [9.17, 15) is 9.90 Å². The molecule has 1 amide bonds. The van der Waals surface area contributed by atoms with Crippen LogP contribution in [0, 0.1) is 0 Å². The van der Waals surface area contributed by atoms with Crippen molar-refractivity contribution in [2.45, 2.75) is 32.4 Å². The van der Waals surface area contributed by atoms with E-state index in [4.69, 9.17) is 0 Å². The van der Waals surface area contributed by atoms with Gasteiger partial charge in [0.15, 0.2) is 0 Å². The normalized spacial score (nSPS) is 24.8. The highest BCUT2D eigenvalue weighted by Gasteiger charge is 2.37. The SMILES string of the molecule is CCc1ccccc1N1C(=O)C(CO)N(C)CC1C. The van der Waals surface area contributed by atoms with Gasteiger partial charge in [-0.3, -0.25) is 9.69 Å². The molecule has 1 fully saturated rings. The molecular weight excluding hydrogens is 240 g/mol. The summed E-state index contributed by atoms with van der Waals surface area (Å²) in [4.78, 5) is 16.3. The molecule has 2 unspecified atom stereocenters. The number of carbonyl (C=O) groups is 1. The Morgan fingerprint density at radius 3 is 2.68 bits per heavy atom. The molecule has 1 saturated heterocycles. The Balaban J connectivity index is 2.39. The van der Waals surface area contributed by atoms with Gasteiger partial charge in [-0.2, -0.15) is 0 Å². The molecule has 0 bridgehead atoms. The Hall–Kier alpha value is -1.39. The predicted molar refractivity (Wildman–Crippen MR) is 76.3 cm³/mol. The van der Waals surface area contributed by atoms with Gasteiger partial charge in [-0.1, -0.05) is 25.1 Å². The van der Waals surface area contributed by atoms with Crippen LogP contribution in [0.2, 0.25) is 0 Å². The number of amides is 1. The van der Waals surface area contributed by atoms with Gasteiger partial charge in [0.1, 0.15) is 6.04 Å². The third kappa shape index (κ3) is 2.51. The molecule has 1 aromatic rings. The van der Waals surface area contributed by atoms with E-state index in [0.29, 0.717) is 0 Å². The number of rotatable bonds is 3. The molecule has 1 heterocycles. The summed E-state index contributed by atoms with van der Waals surface area (Å²) in [6.45, 7) is 4.78. The number of anilines is 1. The number of aliphatic hydroxyl groups excluding tert-OH is 1. The first-order chi connectivity index (χ1) is 9.10. The van der Waals surface area contributed by atoms with E-state index in [1.165, 1.54) is 5.56 Å². The lowest BCUT2D eigenvalue weighted by Crippen LogP contribution is -2.61. The minimum absolute atomic E-state index is 0.00958. The van der Waals surface area contributed by atoms with Crippen LogP contribution in [-0.2, 0) is 11.2 Å². The van der Waals surface area contributed by atoms with Gasteiger partial charge in [0, 0.05) is 18.3 Å². The highest BCUT2D eigenvalue weighted by molar-refractivity contribution is 5.99. The standard InChI is InChI=1S/C15H22N2O2/c1-4-12-7-5-6-8-13(12)17-11(2)9-16(3)14(10-18)15(17)19/h5-8,11,14,18H,4,9-10H2,1-3H3. The topological polar surface area (TPSA) is 43.8 Å². The first-order valence-corrected chi connectivity index (χ1v) is 6.82. The van der Waals surface area contributed by atoms with Crippen molar-refractivity contribution in [1.29, 1.82) is 0 Å². The lowest BCUT2D eigenvalue weighted by molar-refractivity contribution is -0.127. The van der Waals surface area contributed by atoms with Gasteiger partial charge in [0.05, 0.1) is 6.61 Å². The molecule has 4 heteroatoms. The minimum atomic E-state index is -0.430. The van der Waals surface area contributed by atoms with Crippen molar-refractivity contribution < 1.29 is 9.90 Å². The summed E-state index contributed by atoms with van der Waals surface area (Å²) in [5.41, 5.74) is 2.15. The fourth-order valence-corrected chi connectivity index (χ4v) is 2.81. The van der Waals surface area contributed by atoms with Crippen LogP contribution in [0.4, 0.5) is 5.69 Å². The first kappa shape index (κ1) is 14.0. The summed E-state index contributed by atoms with van der Waals surface area (Å²) in [7, 11) is 1.89. The monoisotopic (exact) mass is 262 g/mol. The van der Waals surface area contributed by atoms with E-state index in [-0.39, 0.29) is 18.6 Å². The highest BCUT2D eigenvalue weighted by atomic mass is 16.3. The van der Waals surface area contributed by atoms with Gasteiger partial charge >= 0.3 is 0 Å². The fourth-order valence-electron chi connectivity index (χ4n) is 2.81. The van der Waals surface area contributed by atoms with Gasteiger partial charge in [0.2, 0.25) is 5.91 Å². The Labute approximate surface area is 114 Å². The van der Waals surface area contributed by atoms with Crippen LogP contribution in [0.3, 0.4) is 0 Å². The maximum Gasteiger partial charge on any atom is 0.247 e. The van der Waals surface area contributed by atoms with Crippen LogP contribution in [0.25, 0.3) is 0 Å². The molecule has 1 aliphatic rings. The van der Waals surface area contributed by atoms with Crippen molar-refractivity contribution in [2.75, 3.05) is 25.1 Å². The van der Waals surface area contributed by atoms with Crippen LogP contribution in [-0.4, -0.2) is 48.2 Å². The molecule has 4 nitrogen and oxygen atoms in total. The zero-order valence-corrected chi connectivity index (χ0v) is 11.8. The summed E-state index contributed by atoms with van der Waals surface area (Å²) in [5.74, 6) is -0.00958. The Kier molecular flexibility index (Phi) is 4.22. The van der Waals surface area contributed by atoms with Crippen LogP contribution >= 0.6 is 0 Å². The van der Waals surface area contributed by atoms with Gasteiger partial charge < -0.3 is 10.0 Å². The number of likely N-dealkylation sites (N-methyl/N-ethyl adjacent to an activating group) is 1. The average Bonchev–Trinajstić information content (AvgIpc) is 2.39. The molecule has 1 aromatic carbocycles. The second-order valence-corrected chi connectivity index (χ2v) is 5.18. The third-order valence-electron chi connectivity index (χ3n) is 3.85. The van der Waals surface area contributed by atoms with E-state index >= 15 is 0 Å². The van der Waals surface area contributed by atoms with Crippen molar-refractivity contribution >= 4 is 11.6 Å². The minimum Gasteiger partial charge on any atom is -0.394 e. The van der Waals surface area contributed by atoms with E-state index < -0.39 is 6.04 Å². The lowest BCUT2D eigenvalue weighted by Gasteiger charge is -2.43. The van der Waals surface area contributed by atoms with E-state index in [1.54, 1.807) is 0 Å². The number of nitrogens with zero attached hydrogens (tertiary/aromatic N) is 2. The van der Waals surface area contributed by atoms with Gasteiger partial charge in [-0.05, 0) is 32.0 Å². The zero-order valence-electron chi connectivity index (χ0n) is 11.8. The smallest absolute Gasteiger partial charge is 0.247 e. The summed E-state index contributed by atoms with van der Waals surface area (Å²) < 4.78 is 0. The van der Waals surface area contributed by atoms with Crippen LogP contribution in [0.5, 0.6) is 0 Å². The largest absolute Gasteiger partial charge is 0.394 e. The molecule has 0 saturated carbocycles. The average molecular weight is 262 g/mol. The molecule has 104 valence electrons. The number of piperazine rings is 1. The number of aryl methyl sites for hydroxylation is 1. The number of para-hydroxylation sites is 1. The van der Waals surface area contributed by atoms with Crippen molar-refractivity contribution in [3.8, 4) is 0 Å². The number of hydrogen-bond donors (Lipinski definition) is 1. The molecule has 2 rings (SSSR count). The molecule has 0 aliphatic carbocycles. The maximum absolute atomic E-state index is 12.6. The number of carbonyl (C=O) groups excluding carboxylic acids is 1. The van der Waals surface area contributed by atoms with Crippen LogP contribution in [0.15, 0.2) is 24.3 Å². The molecule has 19 heavy (non-hydrogen) atoms. The van der Waals surface area contributed by atoms with Gasteiger partial charge in [-0.15, -0.1) is 0 Å². The predicted octanol–water partition coefficient (Wildman–Crippen LogP) is 1.28. The van der Waals surface area contributed by atoms with Gasteiger partial charge in [-0.25, -0.2) is 0 Å². The summed E-state index contributed by atoms with van der Waals surface area (Å²) in [6.07, 6.45) is 0.895. The molecule has 2 atom stereocenters. The van der Waals surface area contributed by atoms with E-state index in [1.807, 2.05) is 35.0 Å². The zero-order chi connectivity index (χ0) is 14.0. The Bertz CT molecular complexity index is 461. The van der Waals surface area contributed by atoms with Crippen molar-refractivity contribution in [3.05, 3.63) is 29.8 Å². The van der Waals surface area contributed by atoms with Gasteiger partial charge in [0.25, 0.3) is 0 Å². The molecule has 0 aromatic heterocycles. The van der Waals surface area contributed by atoms with Crippen molar-refractivity contribution in [3.63, 3.8) is 0 Å². The summed E-state index contributed by atoms with van der Waals surface area (Å²) in [6, 6.07) is 7.70. The summed E-state index contributed by atoms with van der Waals surface area (Å²) >= 11 is 0. The maximum atomic E-state index is 12.6. The fraction of sp³-hybridized carbons (Fsp3) is 0.533. The lowest BCUT2D eigenvalue weighted by atomic mass is 10.0. The molecule has 1 aliphatic heterocycles. The number of aliphatic hydroxyl groups is 1. The van der Waals surface area contributed by atoms with E-state index in [0.717, 1.165) is 18.7 Å². The highest BCUT2D eigenvalue weighted by Crippen LogP contribution is 2.27. The second kappa shape index (κ2) is 5.72. The second-order valence-electron chi connectivity index (χ2n) is 5.18. The van der Waals surface area contributed by atoms with Crippen molar-refractivity contribution in [2.24, 2.45) is 0 Å².